The second-order valence-electron chi connectivity index (χ2n) is 5.51. The molecule has 122 valence electrons. The topological polar surface area (TPSA) is 66.5 Å². The van der Waals surface area contributed by atoms with E-state index < -0.39 is 0 Å². The number of nitrogens with zero attached hydrogens (tertiary/aromatic N) is 2. The van der Waals surface area contributed by atoms with Gasteiger partial charge in [0.1, 0.15) is 0 Å². The number of hydrogen-bond acceptors (Lipinski definition) is 7. The molecular formula is C14H22N4O2S2. The predicted octanol–water partition coefficient (Wildman–Crippen LogP) is 1.01. The Balaban J connectivity index is 1.45. The van der Waals surface area contributed by atoms with Crippen LogP contribution in [0.4, 0.5) is 5.13 Å². The highest BCUT2D eigenvalue weighted by molar-refractivity contribution is 7.99. The maximum Gasteiger partial charge on any atom is 0.227 e. The number of ether oxygens (including phenoxy) is 1. The van der Waals surface area contributed by atoms with Crippen molar-refractivity contribution >= 4 is 34.1 Å². The van der Waals surface area contributed by atoms with Crippen molar-refractivity contribution in [1.29, 1.82) is 0 Å². The average molecular weight is 342 g/mol. The lowest BCUT2D eigenvalue weighted by Crippen LogP contribution is -2.39. The highest BCUT2D eigenvalue weighted by Crippen LogP contribution is 2.18. The number of hydrogen-bond donors (Lipinski definition) is 2. The molecular weight excluding hydrogens is 320 g/mol. The molecule has 0 aliphatic carbocycles. The summed E-state index contributed by atoms with van der Waals surface area (Å²) in [5.41, 5.74) is 1.02. The number of amides is 1. The lowest BCUT2D eigenvalue weighted by molar-refractivity contribution is -0.116. The van der Waals surface area contributed by atoms with E-state index in [0.717, 1.165) is 56.6 Å². The molecule has 2 saturated heterocycles. The maximum atomic E-state index is 12.1. The summed E-state index contributed by atoms with van der Waals surface area (Å²) in [6.07, 6.45) is 0.519. The molecule has 0 saturated carbocycles. The van der Waals surface area contributed by atoms with Gasteiger partial charge in [0.25, 0.3) is 0 Å². The minimum absolute atomic E-state index is 0.0484. The fourth-order valence-electron chi connectivity index (χ4n) is 2.57. The average Bonchev–Trinajstić information content (AvgIpc) is 2.96. The minimum Gasteiger partial charge on any atom is -0.379 e. The van der Waals surface area contributed by atoms with E-state index in [1.54, 1.807) is 0 Å². The molecule has 1 atom stereocenters. The molecule has 1 amide bonds. The van der Waals surface area contributed by atoms with Crippen LogP contribution in [0.2, 0.25) is 0 Å². The van der Waals surface area contributed by atoms with Gasteiger partial charge in [-0.1, -0.05) is 0 Å². The van der Waals surface area contributed by atoms with Crippen LogP contribution in [0.1, 0.15) is 12.1 Å². The minimum atomic E-state index is 0.0484. The first-order valence-electron chi connectivity index (χ1n) is 7.65. The number of thiazole rings is 1. The van der Waals surface area contributed by atoms with Crippen LogP contribution in [-0.4, -0.2) is 66.2 Å². The van der Waals surface area contributed by atoms with Crippen molar-refractivity contribution in [3.63, 3.8) is 0 Å². The van der Waals surface area contributed by atoms with E-state index in [0.29, 0.717) is 11.6 Å². The summed E-state index contributed by atoms with van der Waals surface area (Å²) in [5.74, 6) is 2.19. The van der Waals surface area contributed by atoms with E-state index in [1.807, 2.05) is 17.1 Å². The molecule has 1 aromatic heterocycles. The molecule has 2 aliphatic rings. The van der Waals surface area contributed by atoms with Crippen LogP contribution in [0.5, 0.6) is 0 Å². The Kier molecular flexibility index (Phi) is 6.08. The van der Waals surface area contributed by atoms with Gasteiger partial charge in [0, 0.05) is 55.5 Å². The molecule has 3 rings (SSSR count). The monoisotopic (exact) mass is 342 g/mol. The number of carbonyl (C=O) groups is 1. The summed E-state index contributed by atoms with van der Waals surface area (Å²) in [6.45, 7) is 5.30. The van der Waals surface area contributed by atoms with Crippen LogP contribution in [0.3, 0.4) is 0 Å². The van der Waals surface area contributed by atoms with Crippen molar-refractivity contribution in [2.24, 2.45) is 0 Å². The van der Waals surface area contributed by atoms with Gasteiger partial charge in [0.15, 0.2) is 5.13 Å². The summed E-state index contributed by atoms with van der Waals surface area (Å²) >= 11 is 3.41. The van der Waals surface area contributed by atoms with Crippen molar-refractivity contribution in [2.75, 3.05) is 49.7 Å². The lowest BCUT2D eigenvalue weighted by Gasteiger charge is -2.25. The first-order valence-corrected chi connectivity index (χ1v) is 9.68. The fourth-order valence-corrected chi connectivity index (χ4v) is 4.24. The van der Waals surface area contributed by atoms with Crippen LogP contribution in [0.15, 0.2) is 5.38 Å². The molecule has 0 aromatic carbocycles. The summed E-state index contributed by atoms with van der Waals surface area (Å²) in [6, 6.07) is 0.284. The van der Waals surface area contributed by atoms with E-state index in [9.17, 15) is 4.79 Å². The van der Waals surface area contributed by atoms with Gasteiger partial charge in [-0.05, 0) is 0 Å². The molecule has 0 bridgehead atoms. The molecule has 2 N–H and O–H groups in total. The Morgan fingerprint density at radius 1 is 1.50 bits per heavy atom. The van der Waals surface area contributed by atoms with E-state index >= 15 is 0 Å². The number of rotatable bonds is 5. The Morgan fingerprint density at radius 2 is 2.36 bits per heavy atom. The molecule has 1 aromatic rings. The summed E-state index contributed by atoms with van der Waals surface area (Å²) < 4.78 is 5.34. The Labute approximate surface area is 139 Å². The van der Waals surface area contributed by atoms with Gasteiger partial charge < -0.3 is 15.4 Å². The summed E-state index contributed by atoms with van der Waals surface area (Å²) in [4.78, 5) is 18.9. The van der Waals surface area contributed by atoms with Crippen molar-refractivity contribution in [2.45, 2.75) is 19.0 Å². The largest absolute Gasteiger partial charge is 0.379 e. The smallest absolute Gasteiger partial charge is 0.227 e. The van der Waals surface area contributed by atoms with E-state index in [2.05, 4.69) is 20.5 Å². The molecule has 3 heterocycles. The van der Waals surface area contributed by atoms with E-state index in [4.69, 9.17) is 4.74 Å². The molecule has 22 heavy (non-hydrogen) atoms. The summed E-state index contributed by atoms with van der Waals surface area (Å²) in [7, 11) is 0. The zero-order valence-electron chi connectivity index (χ0n) is 12.5. The predicted molar refractivity (Wildman–Crippen MR) is 90.6 cm³/mol. The molecule has 0 radical (unpaired) electrons. The Morgan fingerprint density at radius 3 is 3.14 bits per heavy atom. The van der Waals surface area contributed by atoms with Crippen molar-refractivity contribution in [3.8, 4) is 0 Å². The van der Waals surface area contributed by atoms with Gasteiger partial charge in [-0.15, -0.1) is 11.3 Å². The SMILES string of the molecule is O=C(CC1CSCCN1)Nc1nc(CN2CCOCC2)cs1. The van der Waals surface area contributed by atoms with Crippen LogP contribution < -0.4 is 10.6 Å². The van der Waals surface area contributed by atoms with Gasteiger partial charge in [-0.3, -0.25) is 9.69 Å². The maximum absolute atomic E-state index is 12.1. The second kappa shape index (κ2) is 8.26. The van der Waals surface area contributed by atoms with Crippen molar-refractivity contribution in [1.82, 2.24) is 15.2 Å². The number of carbonyl (C=O) groups excluding carboxylic acids is 1. The molecule has 2 aliphatic heterocycles. The van der Waals surface area contributed by atoms with E-state index in [1.165, 1.54) is 11.3 Å². The first-order chi connectivity index (χ1) is 10.8. The number of nitrogens with one attached hydrogen (secondary N) is 2. The van der Waals surface area contributed by atoms with Crippen LogP contribution >= 0.6 is 23.1 Å². The third kappa shape index (κ3) is 4.92. The normalized spacial score (nSPS) is 23.4. The van der Waals surface area contributed by atoms with Gasteiger partial charge in [-0.2, -0.15) is 11.8 Å². The Hall–Kier alpha value is -0.670. The number of anilines is 1. The number of morpholine rings is 1. The van der Waals surface area contributed by atoms with Crippen LogP contribution in [0, 0.1) is 0 Å². The Bertz CT molecular complexity index is 485. The number of thioether (sulfide) groups is 1. The van der Waals surface area contributed by atoms with Crippen LogP contribution in [0.25, 0.3) is 0 Å². The highest BCUT2D eigenvalue weighted by atomic mass is 32.2. The van der Waals surface area contributed by atoms with Gasteiger partial charge in [0.2, 0.25) is 5.91 Å². The fraction of sp³-hybridized carbons (Fsp3) is 0.714. The summed E-state index contributed by atoms with van der Waals surface area (Å²) in [5, 5.41) is 9.03. The first kappa shape index (κ1) is 16.2. The van der Waals surface area contributed by atoms with Gasteiger partial charge >= 0.3 is 0 Å². The van der Waals surface area contributed by atoms with Crippen molar-refractivity contribution < 1.29 is 9.53 Å². The van der Waals surface area contributed by atoms with Gasteiger partial charge in [0.05, 0.1) is 18.9 Å². The van der Waals surface area contributed by atoms with Crippen molar-refractivity contribution in [3.05, 3.63) is 11.1 Å². The second-order valence-corrected chi connectivity index (χ2v) is 7.52. The molecule has 6 nitrogen and oxygen atoms in total. The highest BCUT2D eigenvalue weighted by Gasteiger charge is 2.18. The molecule has 0 spiro atoms. The quantitative estimate of drug-likeness (QED) is 0.832. The van der Waals surface area contributed by atoms with E-state index in [-0.39, 0.29) is 11.9 Å². The number of aromatic nitrogens is 1. The van der Waals surface area contributed by atoms with Crippen LogP contribution in [-0.2, 0) is 16.1 Å². The molecule has 1 unspecified atom stereocenters. The standard InChI is InChI=1S/C14H22N4O2S2/c19-13(7-11-9-21-6-1-15-11)17-14-16-12(10-22-14)8-18-2-4-20-5-3-18/h10-11,15H,1-9H2,(H,16,17,19). The zero-order valence-corrected chi connectivity index (χ0v) is 14.2. The third-order valence-electron chi connectivity index (χ3n) is 3.72. The lowest BCUT2D eigenvalue weighted by atomic mass is 10.2. The molecule has 8 heteroatoms. The zero-order chi connectivity index (χ0) is 15.2. The molecule has 2 fully saturated rings. The van der Waals surface area contributed by atoms with Gasteiger partial charge in [-0.25, -0.2) is 4.98 Å². The third-order valence-corrected chi connectivity index (χ3v) is 5.66.